The zero-order chi connectivity index (χ0) is 22.9. The molecule has 5 rings (SSSR count). The van der Waals surface area contributed by atoms with Gasteiger partial charge in [-0.25, -0.2) is 0 Å². The summed E-state index contributed by atoms with van der Waals surface area (Å²) in [6.07, 6.45) is 0. The van der Waals surface area contributed by atoms with Gasteiger partial charge in [0.15, 0.2) is 5.75 Å². The van der Waals surface area contributed by atoms with Crippen LogP contribution in [0.25, 0.3) is 10.8 Å². The topological polar surface area (TPSA) is 29.5 Å². The van der Waals surface area contributed by atoms with E-state index in [2.05, 4.69) is 18.2 Å². The van der Waals surface area contributed by atoms with Gasteiger partial charge >= 0.3 is 0 Å². The lowest BCUT2D eigenvalue weighted by Crippen LogP contribution is -2.27. The molecule has 166 valence electrons. The molecule has 1 fully saturated rings. The molecule has 0 aliphatic carbocycles. The number of rotatable bonds is 5. The van der Waals surface area contributed by atoms with Crippen molar-refractivity contribution in [3.63, 3.8) is 0 Å². The highest BCUT2D eigenvalue weighted by molar-refractivity contribution is 8.00. The maximum absolute atomic E-state index is 12.6. The van der Waals surface area contributed by atoms with Crippen LogP contribution in [0.4, 0.5) is 5.69 Å². The highest BCUT2D eigenvalue weighted by atomic mass is 35.5. The fourth-order valence-corrected chi connectivity index (χ4v) is 5.88. The van der Waals surface area contributed by atoms with Crippen molar-refractivity contribution in [1.29, 1.82) is 0 Å². The molecule has 0 saturated carbocycles. The molecule has 1 saturated heterocycles. The van der Waals surface area contributed by atoms with Crippen LogP contribution in [0.1, 0.15) is 16.5 Å². The van der Waals surface area contributed by atoms with Crippen LogP contribution in [0, 0.1) is 0 Å². The molecule has 3 nitrogen and oxygen atoms in total. The first-order valence-electron chi connectivity index (χ1n) is 10.3. The summed E-state index contributed by atoms with van der Waals surface area (Å²) in [7, 11) is 0. The third kappa shape index (κ3) is 4.53. The molecule has 0 spiro atoms. The summed E-state index contributed by atoms with van der Waals surface area (Å²) < 4.78 is 6.06. The largest absolute Gasteiger partial charge is 0.486 e. The minimum absolute atomic E-state index is 0.0239. The molecule has 0 radical (unpaired) electrons. The molecular formula is C26H18Cl3NO2S. The Hall–Kier alpha value is -2.37. The first kappa shape index (κ1) is 22.4. The van der Waals surface area contributed by atoms with Gasteiger partial charge in [-0.2, -0.15) is 0 Å². The summed E-state index contributed by atoms with van der Waals surface area (Å²) in [5, 5.41) is 3.48. The minimum Gasteiger partial charge on any atom is -0.486 e. The van der Waals surface area contributed by atoms with Crippen LogP contribution in [0.2, 0.25) is 15.1 Å². The molecule has 4 aromatic carbocycles. The van der Waals surface area contributed by atoms with Gasteiger partial charge in [-0.1, -0.05) is 77.3 Å². The van der Waals surface area contributed by atoms with Gasteiger partial charge in [0.2, 0.25) is 5.91 Å². The van der Waals surface area contributed by atoms with Crippen molar-refractivity contribution in [3.05, 3.63) is 105 Å². The number of carbonyl (C=O) groups is 1. The number of amides is 1. The number of nitrogens with zero attached hydrogens (tertiary/aromatic N) is 1. The lowest BCUT2D eigenvalue weighted by molar-refractivity contribution is -0.115. The van der Waals surface area contributed by atoms with E-state index in [9.17, 15) is 4.79 Å². The average molecular weight is 515 g/mol. The molecule has 0 bridgehead atoms. The Balaban J connectivity index is 1.41. The number of anilines is 1. The van der Waals surface area contributed by atoms with Crippen molar-refractivity contribution in [3.8, 4) is 5.75 Å². The first-order chi connectivity index (χ1) is 16.0. The molecule has 4 aromatic rings. The number of benzene rings is 4. The average Bonchev–Trinajstić information content (AvgIpc) is 3.20. The summed E-state index contributed by atoms with van der Waals surface area (Å²) >= 11 is 20.8. The molecule has 0 aromatic heterocycles. The Bertz CT molecular complexity index is 1310. The predicted molar refractivity (Wildman–Crippen MR) is 139 cm³/mol. The lowest BCUT2D eigenvalue weighted by Gasteiger charge is -2.25. The van der Waals surface area contributed by atoms with Crippen molar-refractivity contribution in [2.45, 2.75) is 12.0 Å². The van der Waals surface area contributed by atoms with Crippen LogP contribution < -0.4 is 9.64 Å². The second kappa shape index (κ2) is 9.47. The fraction of sp³-hybridized carbons (Fsp3) is 0.115. The molecule has 1 amide bonds. The van der Waals surface area contributed by atoms with Gasteiger partial charge in [0.1, 0.15) is 12.0 Å². The second-order valence-electron chi connectivity index (χ2n) is 7.64. The number of thioether (sulfide) groups is 1. The molecule has 1 atom stereocenters. The molecule has 1 aliphatic rings. The van der Waals surface area contributed by atoms with Crippen molar-refractivity contribution in [1.82, 2.24) is 0 Å². The quantitative estimate of drug-likeness (QED) is 0.269. The number of ether oxygens (including phenoxy) is 1. The molecule has 0 unspecified atom stereocenters. The van der Waals surface area contributed by atoms with E-state index in [0.717, 1.165) is 27.6 Å². The van der Waals surface area contributed by atoms with E-state index in [-0.39, 0.29) is 11.3 Å². The van der Waals surface area contributed by atoms with E-state index in [1.54, 1.807) is 17.0 Å². The van der Waals surface area contributed by atoms with Gasteiger partial charge in [-0.3, -0.25) is 9.69 Å². The number of fused-ring (bicyclic) bond motifs is 1. The van der Waals surface area contributed by atoms with Crippen molar-refractivity contribution < 1.29 is 9.53 Å². The Morgan fingerprint density at radius 2 is 1.61 bits per heavy atom. The van der Waals surface area contributed by atoms with E-state index < -0.39 is 0 Å². The van der Waals surface area contributed by atoms with Gasteiger partial charge in [-0.15, -0.1) is 11.8 Å². The van der Waals surface area contributed by atoms with Crippen LogP contribution in [0.3, 0.4) is 0 Å². The maximum Gasteiger partial charge on any atom is 0.238 e. The van der Waals surface area contributed by atoms with Crippen molar-refractivity contribution in [2.24, 2.45) is 0 Å². The molecule has 1 heterocycles. The standard InChI is InChI=1S/C26H18Cl3NO2S/c27-19-8-10-20(11-9-19)30-24(31)15-33-26(30)18-12-22(28)25(23(29)13-18)32-14-17-6-3-5-16-4-1-2-7-21(16)17/h1-13,26H,14-15H2/t26-/m1/s1. The van der Waals surface area contributed by atoms with E-state index in [4.69, 9.17) is 39.5 Å². The lowest BCUT2D eigenvalue weighted by atomic mass is 10.1. The number of hydrogen-bond donors (Lipinski definition) is 0. The van der Waals surface area contributed by atoms with Crippen molar-refractivity contribution in [2.75, 3.05) is 10.7 Å². The summed E-state index contributed by atoms with van der Waals surface area (Å²) in [5.74, 6) is 0.834. The summed E-state index contributed by atoms with van der Waals surface area (Å²) in [5.41, 5.74) is 2.67. The summed E-state index contributed by atoms with van der Waals surface area (Å²) in [6.45, 7) is 0.341. The van der Waals surface area contributed by atoms with E-state index in [1.807, 2.05) is 48.5 Å². The van der Waals surface area contributed by atoms with E-state index in [0.29, 0.717) is 33.2 Å². The molecular weight excluding hydrogens is 497 g/mol. The molecule has 33 heavy (non-hydrogen) atoms. The number of carbonyl (C=O) groups excluding carboxylic acids is 1. The number of halogens is 3. The van der Waals surface area contributed by atoms with Crippen LogP contribution in [0.15, 0.2) is 78.9 Å². The minimum atomic E-state index is -0.235. The van der Waals surface area contributed by atoms with Crippen LogP contribution in [0.5, 0.6) is 5.75 Å². The third-order valence-corrected chi connectivity index (χ3v) is 7.56. The smallest absolute Gasteiger partial charge is 0.238 e. The zero-order valence-corrected chi connectivity index (χ0v) is 20.4. The van der Waals surface area contributed by atoms with Crippen LogP contribution >= 0.6 is 46.6 Å². The Labute approximate surface area is 211 Å². The fourth-order valence-electron chi connectivity index (χ4n) is 3.98. The SMILES string of the molecule is O=C1CS[C@H](c2cc(Cl)c(OCc3cccc4ccccc34)c(Cl)c2)N1c1ccc(Cl)cc1. The van der Waals surface area contributed by atoms with Crippen LogP contribution in [-0.2, 0) is 11.4 Å². The summed E-state index contributed by atoms with van der Waals surface area (Å²) in [4.78, 5) is 14.4. The highest BCUT2D eigenvalue weighted by Gasteiger charge is 2.34. The third-order valence-electron chi connectivity index (χ3n) is 5.53. The monoisotopic (exact) mass is 513 g/mol. The first-order valence-corrected chi connectivity index (χ1v) is 12.5. The van der Waals surface area contributed by atoms with Crippen LogP contribution in [-0.4, -0.2) is 11.7 Å². The van der Waals surface area contributed by atoms with Gasteiger partial charge in [0, 0.05) is 10.7 Å². The van der Waals surface area contributed by atoms with E-state index >= 15 is 0 Å². The van der Waals surface area contributed by atoms with Gasteiger partial charge < -0.3 is 4.74 Å². The Kier molecular flexibility index (Phi) is 6.44. The van der Waals surface area contributed by atoms with Gasteiger partial charge in [0.25, 0.3) is 0 Å². The molecule has 7 heteroatoms. The molecule has 1 aliphatic heterocycles. The Morgan fingerprint density at radius 3 is 2.36 bits per heavy atom. The second-order valence-corrected chi connectivity index (χ2v) is 9.96. The summed E-state index contributed by atoms with van der Waals surface area (Å²) in [6, 6.07) is 25.1. The maximum atomic E-state index is 12.6. The molecule has 0 N–H and O–H groups in total. The normalized spacial score (nSPS) is 15.9. The zero-order valence-electron chi connectivity index (χ0n) is 17.3. The van der Waals surface area contributed by atoms with Gasteiger partial charge in [-0.05, 0) is 58.3 Å². The highest BCUT2D eigenvalue weighted by Crippen LogP contribution is 2.45. The predicted octanol–water partition coefficient (Wildman–Crippen LogP) is 8.16. The number of hydrogen-bond acceptors (Lipinski definition) is 3. The van der Waals surface area contributed by atoms with Gasteiger partial charge in [0.05, 0.1) is 15.8 Å². The van der Waals surface area contributed by atoms with Crippen molar-refractivity contribution >= 4 is 68.9 Å². The van der Waals surface area contributed by atoms with E-state index in [1.165, 1.54) is 11.8 Å². The Morgan fingerprint density at radius 1 is 0.909 bits per heavy atom.